The van der Waals surface area contributed by atoms with Crippen LogP contribution in [0, 0.1) is 17.8 Å². The minimum atomic E-state index is -1.31. The minimum Gasteiger partial charge on any atom is -0.299 e. The number of thioether (sulfide) groups is 2. The van der Waals surface area contributed by atoms with Crippen LogP contribution in [0.25, 0.3) is 0 Å². The summed E-state index contributed by atoms with van der Waals surface area (Å²) in [6.45, 7) is 6.00. The van der Waals surface area contributed by atoms with Crippen molar-refractivity contribution in [1.82, 2.24) is 0 Å². The van der Waals surface area contributed by atoms with E-state index in [0.29, 0.717) is 23.4 Å². The van der Waals surface area contributed by atoms with Crippen LogP contribution in [0.1, 0.15) is 61.6 Å². The summed E-state index contributed by atoms with van der Waals surface area (Å²) >= 11 is 9.56. The molecule has 2 aromatic rings. The molecule has 0 radical (unpaired) electrons. The Morgan fingerprint density at radius 3 is 1.94 bits per heavy atom. The number of benzene rings is 2. The highest BCUT2D eigenvalue weighted by Gasteiger charge is 2.65. The SMILES string of the molecule is Cc1ccc([C@@H]2C(=C3SCCS3)C(=O)C[C@H](c3ccc(Cl)cc3)C23C(=O)CC(C)(C)CC3=O)cc1. The number of carbonyl (C=O) groups is 3. The highest BCUT2D eigenvalue weighted by atomic mass is 35.5. The van der Waals surface area contributed by atoms with Crippen molar-refractivity contribution in [1.29, 1.82) is 0 Å². The summed E-state index contributed by atoms with van der Waals surface area (Å²) in [5.41, 5.74) is 1.77. The Balaban J connectivity index is 1.82. The first kappa shape index (κ1) is 24.9. The van der Waals surface area contributed by atoms with E-state index in [1.165, 1.54) is 0 Å². The van der Waals surface area contributed by atoms with Crippen LogP contribution in [-0.2, 0) is 14.4 Å². The number of aryl methyl sites for hydroxylation is 1. The van der Waals surface area contributed by atoms with Crippen molar-refractivity contribution in [3.63, 3.8) is 0 Å². The van der Waals surface area contributed by atoms with E-state index in [2.05, 4.69) is 0 Å². The highest BCUT2D eigenvalue weighted by molar-refractivity contribution is 8.25. The molecule has 35 heavy (non-hydrogen) atoms. The lowest BCUT2D eigenvalue weighted by Gasteiger charge is -2.52. The molecule has 3 aliphatic rings. The average molecular weight is 525 g/mol. The van der Waals surface area contributed by atoms with E-state index in [4.69, 9.17) is 11.6 Å². The molecule has 3 fully saturated rings. The van der Waals surface area contributed by atoms with Gasteiger partial charge in [0.1, 0.15) is 17.0 Å². The summed E-state index contributed by atoms with van der Waals surface area (Å²) < 4.78 is 0.986. The summed E-state index contributed by atoms with van der Waals surface area (Å²) in [7, 11) is 0. The second-order valence-electron chi connectivity index (χ2n) is 10.7. The van der Waals surface area contributed by atoms with Crippen molar-refractivity contribution in [2.75, 3.05) is 11.5 Å². The van der Waals surface area contributed by atoms with E-state index in [-0.39, 0.29) is 23.8 Å². The van der Waals surface area contributed by atoms with Gasteiger partial charge in [-0.1, -0.05) is 67.4 Å². The Kier molecular flexibility index (Phi) is 6.56. The number of hydrogen-bond donors (Lipinski definition) is 0. The molecule has 2 atom stereocenters. The number of Topliss-reactive ketones (excluding diaryl/α,β-unsaturated/α-hetero) is 3. The summed E-state index contributed by atoms with van der Waals surface area (Å²) in [4.78, 5) is 42.7. The third-order valence-electron chi connectivity index (χ3n) is 7.64. The monoisotopic (exact) mass is 524 g/mol. The van der Waals surface area contributed by atoms with E-state index in [0.717, 1.165) is 32.4 Å². The lowest BCUT2D eigenvalue weighted by atomic mass is 9.47. The molecular formula is C29H29ClO3S2. The molecule has 3 nitrogen and oxygen atoms in total. The summed E-state index contributed by atoms with van der Waals surface area (Å²) in [5.74, 6) is 0.721. The van der Waals surface area contributed by atoms with Gasteiger partial charge in [0.05, 0.1) is 0 Å². The maximum atomic E-state index is 14.4. The fourth-order valence-electron chi connectivity index (χ4n) is 6.10. The van der Waals surface area contributed by atoms with E-state index >= 15 is 0 Å². The topological polar surface area (TPSA) is 51.2 Å². The predicted octanol–water partition coefficient (Wildman–Crippen LogP) is 7.12. The van der Waals surface area contributed by atoms with Crippen LogP contribution < -0.4 is 0 Å². The molecule has 6 heteroatoms. The zero-order valence-electron chi connectivity index (χ0n) is 20.2. The second-order valence-corrected chi connectivity index (χ2v) is 13.6. The van der Waals surface area contributed by atoms with Gasteiger partial charge in [0.15, 0.2) is 5.78 Å². The fraction of sp³-hybridized carbons (Fsp3) is 0.414. The Morgan fingerprint density at radius 1 is 0.829 bits per heavy atom. The molecule has 182 valence electrons. The third kappa shape index (κ3) is 4.24. The van der Waals surface area contributed by atoms with Gasteiger partial charge in [-0.25, -0.2) is 0 Å². The van der Waals surface area contributed by atoms with E-state index < -0.39 is 22.7 Å². The first-order valence-electron chi connectivity index (χ1n) is 12.0. The molecule has 0 aromatic heterocycles. The molecule has 1 spiro atoms. The maximum Gasteiger partial charge on any atom is 0.161 e. The van der Waals surface area contributed by atoms with E-state index in [9.17, 15) is 14.4 Å². The predicted molar refractivity (Wildman–Crippen MR) is 145 cm³/mol. The van der Waals surface area contributed by atoms with Crippen LogP contribution in [0.4, 0.5) is 0 Å². The number of hydrogen-bond acceptors (Lipinski definition) is 5. The first-order chi connectivity index (χ1) is 16.6. The largest absolute Gasteiger partial charge is 0.299 e. The Labute approximate surface area is 220 Å². The second kappa shape index (κ2) is 9.24. The maximum absolute atomic E-state index is 14.4. The molecule has 2 saturated carbocycles. The van der Waals surface area contributed by atoms with Crippen molar-refractivity contribution in [2.45, 2.75) is 51.9 Å². The average Bonchev–Trinajstić information content (AvgIpc) is 3.32. The van der Waals surface area contributed by atoms with Crippen LogP contribution in [0.3, 0.4) is 0 Å². The molecular weight excluding hydrogens is 496 g/mol. The van der Waals surface area contributed by atoms with Gasteiger partial charge in [-0.05, 0) is 35.6 Å². The molecule has 1 saturated heterocycles. The van der Waals surface area contributed by atoms with Crippen molar-refractivity contribution in [3.05, 3.63) is 80.1 Å². The van der Waals surface area contributed by atoms with Crippen molar-refractivity contribution >= 4 is 52.5 Å². The zero-order chi connectivity index (χ0) is 25.0. The molecule has 1 heterocycles. The summed E-state index contributed by atoms with van der Waals surface area (Å²) in [6, 6.07) is 15.4. The lowest BCUT2D eigenvalue weighted by Crippen LogP contribution is -2.58. The highest BCUT2D eigenvalue weighted by Crippen LogP contribution is 2.63. The number of rotatable bonds is 2. The smallest absolute Gasteiger partial charge is 0.161 e. The molecule has 0 unspecified atom stereocenters. The molecule has 1 aliphatic heterocycles. The molecule has 2 aromatic carbocycles. The normalized spacial score (nSPS) is 26.0. The zero-order valence-corrected chi connectivity index (χ0v) is 22.6. The van der Waals surface area contributed by atoms with Gasteiger partial charge in [0, 0.05) is 57.4 Å². The number of allylic oxidation sites excluding steroid dienone is 1. The molecule has 0 bridgehead atoms. The van der Waals surface area contributed by atoms with Crippen LogP contribution in [0.5, 0.6) is 0 Å². The van der Waals surface area contributed by atoms with Crippen LogP contribution in [0.2, 0.25) is 5.02 Å². The van der Waals surface area contributed by atoms with Crippen molar-refractivity contribution in [2.24, 2.45) is 10.8 Å². The van der Waals surface area contributed by atoms with Gasteiger partial charge >= 0.3 is 0 Å². The molecule has 2 aliphatic carbocycles. The third-order valence-corrected chi connectivity index (χ3v) is 10.6. The van der Waals surface area contributed by atoms with Crippen LogP contribution >= 0.6 is 35.1 Å². The number of carbonyl (C=O) groups excluding carboxylic acids is 3. The van der Waals surface area contributed by atoms with Gasteiger partial charge in [-0.3, -0.25) is 14.4 Å². The van der Waals surface area contributed by atoms with Gasteiger partial charge in [-0.15, -0.1) is 23.5 Å². The first-order valence-corrected chi connectivity index (χ1v) is 14.4. The van der Waals surface area contributed by atoms with Gasteiger partial charge in [0.25, 0.3) is 0 Å². The van der Waals surface area contributed by atoms with E-state index in [1.54, 1.807) is 35.7 Å². The minimum absolute atomic E-state index is 0.0390. The van der Waals surface area contributed by atoms with Gasteiger partial charge in [-0.2, -0.15) is 0 Å². The van der Waals surface area contributed by atoms with Crippen molar-refractivity contribution in [3.8, 4) is 0 Å². The molecule has 0 N–H and O–H groups in total. The van der Waals surface area contributed by atoms with Crippen LogP contribution in [0.15, 0.2) is 58.3 Å². The number of halogens is 1. The molecule has 5 rings (SSSR count). The van der Waals surface area contributed by atoms with E-state index in [1.807, 2.05) is 57.2 Å². The van der Waals surface area contributed by atoms with Crippen molar-refractivity contribution < 1.29 is 14.4 Å². The fourth-order valence-corrected chi connectivity index (χ4v) is 8.87. The quantitative estimate of drug-likeness (QED) is 0.309. The Morgan fingerprint density at radius 2 is 1.37 bits per heavy atom. The standard InChI is InChI=1S/C29H29ClO3S2/c1-17-4-6-19(7-5-17)26-25(27-34-12-13-35-27)22(31)14-21(18-8-10-20(30)11-9-18)29(26)23(32)15-28(2,3)16-24(29)33/h4-11,21,26H,12-16H2,1-3H3/t21-,26-/m1/s1. The number of ketones is 3. The Hall–Kier alpha value is -1.82. The lowest BCUT2D eigenvalue weighted by molar-refractivity contribution is -0.153. The molecule has 0 amide bonds. The van der Waals surface area contributed by atoms with Gasteiger partial charge < -0.3 is 0 Å². The summed E-state index contributed by atoms with van der Waals surface area (Å²) in [5, 5.41) is 0.587. The summed E-state index contributed by atoms with van der Waals surface area (Å²) in [6.07, 6.45) is 0.798. The van der Waals surface area contributed by atoms with Gasteiger partial charge in [0.2, 0.25) is 0 Å². The Bertz CT molecular complexity index is 1200. The van der Waals surface area contributed by atoms with Crippen LogP contribution in [-0.4, -0.2) is 28.9 Å².